The second-order valence-corrected chi connectivity index (χ2v) is 10.4. The normalized spacial score (nSPS) is 12.5. The zero-order chi connectivity index (χ0) is 31.2. The van der Waals surface area contributed by atoms with Gasteiger partial charge in [0.05, 0.1) is 46.1 Å². The third kappa shape index (κ3) is 5.58. The first-order valence-electron chi connectivity index (χ1n) is 12.7. The smallest absolute Gasteiger partial charge is 0.433 e. The van der Waals surface area contributed by atoms with E-state index in [0.29, 0.717) is 21.6 Å². The SMILES string of the molecule is Cn1nncc1-c1cnn([C@@H](Cc2ccc(C(F)(F)F)nc2)c2ccc(-c3c(-n4cc(Cl)nn4)ccc(Cl)c3F)c[n+]2[O-])c1. The van der Waals surface area contributed by atoms with Gasteiger partial charge in [0.15, 0.2) is 17.2 Å². The zero-order valence-corrected chi connectivity index (χ0v) is 23.9. The van der Waals surface area contributed by atoms with Gasteiger partial charge in [-0.25, -0.2) is 13.8 Å². The van der Waals surface area contributed by atoms with Crippen molar-refractivity contribution in [1.82, 2.24) is 44.8 Å². The Hall–Kier alpha value is -4.89. The number of hydrogen-bond donors (Lipinski definition) is 0. The zero-order valence-electron chi connectivity index (χ0n) is 22.4. The van der Waals surface area contributed by atoms with Crippen molar-refractivity contribution in [3.63, 3.8) is 0 Å². The molecular weight excluding hydrogens is 627 g/mol. The van der Waals surface area contributed by atoms with Gasteiger partial charge in [0.25, 0.3) is 0 Å². The van der Waals surface area contributed by atoms with Crippen molar-refractivity contribution in [2.45, 2.75) is 18.6 Å². The van der Waals surface area contributed by atoms with Crippen molar-refractivity contribution in [3.05, 3.63) is 112 Å². The van der Waals surface area contributed by atoms with E-state index in [9.17, 15) is 18.4 Å². The molecular formula is C27H18Cl2F4N10O. The quantitative estimate of drug-likeness (QED) is 0.132. The fourth-order valence-corrected chi connectivity index (χ4v) is 5.01. The van der Waals surface area contributed by atoms with Crippen LogP contribution in [0.5, 0.6) is 0 Å². The van der Waals surface area contributed by atoms with E-state index in [2.05, 4.69) is 30.7 Å². The largest absolute Gasteiger partial charge is 0.618 e. The summed E-state index contributed by atoms with van der Waals surface area (Å²) < 4.78 is 59.6. The topological polar surface area (TPSA) is 119 Å². The molecule has 224 valence electrons. The number of aryl methyl sites for hydroxylation is 1. The van der Waals surface area contributed by atoms with Crippen LogP contribution in [0.15, 0.2) is 73.6 Å². The van der Waals surface area contributed by atoms with Gasteiger partial charge in [0.2, 0.25) is 5.69 Å². The lowest BCUT2D eigenvalue weighted by Gasteiger charge is -2.19. The Morgan fingerprint density at radius 1 is 0.977 bits per heavy atom. The van der Waals surface area contributed by atoms with Crippen molar-refractivity contribution in [1.29, 1.82) is 0 Å². The molecule has 6 rings (SSSR count). The van der Waals surface area contributed by atoms with E-state index in [1.165, 1.54) is 63.0 Å². The molecule has 11 nitrogen and oxygen atoms in total. The third-order valence-corrected chi connectivity index (χ3v) is 7.30. The number of alkyl halides is 3. The van der Waals surface area contributed by atoms with Crippen LogP contribution in [0, 0.1) is 11.0 Å². The Kier molecular flexibility index (Phi) is 7.51. The summed E-state index contributed by atoms with van der Waals surface area (Å²) in [4.78, 5) is 3.55. The van der Waals surface area contributed by atoms with E-state index >= 15 is 4.39 Å². The van der Waals surface area contributed by atoms with Crippen LogP contribution in [0.3, 0.4) is 0 Å². The number of pyridine rings is 2. The Bertz CT molecular complexity index is 1970. The molecule has 0 aliphatic carbocycles. The summed E-state index contributed by atoms with van der Waals surface area (Å²) in [6, 6.07) is 7.20. The molecule has 0 saturated heterocycles. The highest BCUT2D eigenvalue weighted by Gasteiger charge is 2.32. The molecule has 0 spiro atoms. The molecule has 0 unspecified atom stereocenters. The minimum Gasteiger partial charge on any atom is -0.618 e. The summed E-state index contributed by atoms with van der Waals surface area (Å²) in [6.07, 6.45) is 3.84. The van der Waals surface area contributed by atoms with Crippen LogP contribution in [-0.2, 0) is 19.6 Å². The highest BCUT2D eigenvalue weighted by atomic mass is 35.5. The number of benzene rings is 1. The summed E-state index contributed by atoms with van der Waals surface area (Å²) in [5, 5.41) is 33.3. The van der Waals surface area contributed by atoms with E-state index in [-0.39, 0.29) is 39.1 Å². The molecule has 17 heteroatoms. The predicted molar refractivity (Wildman–Crippen MR) is 149 cm³/mol. The molecule has 0 aliphatic rings. The molecule has 0 aliphatic heterocycles. The predicted octanol–water partition coefficient (Wildman–Crippen LogP) is 5.25. The fourth-order valence-electron chi connectivity index (χ4n) is 4.73. The Morgan fingerprint density at radius 3 is 2.43 bits per heavy atom. The Labute approximate surface area is 255 Å². The van der Waals surface area contributed by atoms with E-state index in [1.807, 2.05) is 0 Å². The maximum absolute atomic E-state index is 15.4. The summed E-state index contributed by atoms with van der Waals surface area (Å²) in [5.41, 5.74) is 1.20. The first-order valence-corrected chi connectivity index (χ1v) is 13.5. The van der Waals surface area contributed by atoms with Crippen LogP contribution in [-0.4, -0.2) is 44.8 Å². The monoisotopic (exact) mass is 644 g/mol. The fraction of sp³-hybridized carbons (Fsp3) is 0.148. The molecule has 6 aromatic rings. The number of hydrogen-bond acceptors (Lipinski definition) is 7. The van der Waals surface area contributed by atoms with Crippen molar-refractivity contribution in [3.8, 4) is 28.1 Å². The van der Waals surface area contributed by atoms with Crippen LogP contribution < -0.4 is 4.73 Å². The molecule has 0 N–H and O–H groups in total. The first-order chi connectivity index (χ1) is 21.0. The van der Waals surface area contributed by atoms with E-state index in [0.717, 1.165) is 12.3 Å². The molecule has 0 amide bonds. The summed E-state index contributed by atoms with van der Waals surface area (Å²) in [7, 11) is 1.70. The lowest BCUT2D eigenvalue weighted by Crippen LogP contribution is -2.36. The lowest BCUT2D eigenvalue weighted by atomic mass is 10.0. The summed E-state index contributed by atoms with van der Waals surface area (Å²) in [6.45, 7) is 0. The minimum absolute atomic E-state index is 0.0243. The van der Waals surface area contributed by atoms with E-state index < -0.39 is 23.7 Å². The molecule has 1 atom stereocenters. The number of halogens is 6. The third-order valence-electron chi connectivity index (χ3n) is 6.83. The van der Waals surface area contributed by atoms with Gasteiger partial charge >= 0.3 is 6.18 Å². The first kappa shape index (κ1) is 29.2. The molecule has 0 fully saturated rings. The van der Waals surface area contributed by atoms with Crippen LogP contribution in [0.2, 0.25) is 10.2 Å². The second kappa shape index (κ2) is 11.3. The molecule has 5 aromatic heterocycles. The highest BCUT2D eigenvalue weighted by Crippen LogP contribution is 2.34. The number of nitrogens with zero attached hydrogens (tertiary/aromatic N) is 10. The molecule has 0 radical (unpaired) electrons. The molecule has 0 saturated carbocycles. The van der Waals surface area contributed by atoms with Crippen molar-refractivity contribution < 1.29 is 22.3 Å². The molecule has 0 bridgehead atoms. The Morgan fingerprint density at radius 2 is 1.80 bits per heavy atom. The molecule has 44 heavy (non-hydrogen) atoms. The van der Waals surface area contributed by atoms with Gasteiger partial charge in [-0.1, -0.05) is 39.7 Å². The lowest BCUT2D eigenvalue weighted by molar-refractivity contribution is -0.615. The molecule has 1 aromatic carbocycles. The van der Waals surface area contributed by atoms with Crippen molar-refractivity contribution in [2.75, 3.05) is 0 Å². The highest BCUT2D eigenvalue weighted by molar-refractivity contribution is 6.31. The van der Waals surface area contributed by atoms with Gasteiger partial charge in [-0.15, -0.1) is 10.2 Å². The van der Waals surface area contributed by atoms with Crippen LogP contribution in [0.4, 0.5) is 17.6 Å². The maximum atomic E-state index is 15.4. The maximum Gasteiger partial charge on any atom is 0.433 e. The number of aromatic nitrogens is 10. The van der Waals surface area contributed by atoms with Crippen molar-refractivity contribution >= 4 is 23.2 Å². The van der Waals surface area contributed by atoms with Crippen LogP contribution in [0.25, 0.3) is 28.1 Å². The standard InChI is InChI=1S/C27H18Cl2F4N10O/c1-40-22(11-35-38-40)17-10-36-41(12-17)21(8-15-2-7-23(34-9-15)27(31,32)33)19-5-3-16(13-43(19)44)25-20(6-4-18(28)26(25)30)42-14-24(29)37-39-42/h2-7,9-14,21H,8H2,1H3/t21-/m0/s1. The van der Waals surface area contributed by atoms with Gasteiger partial charge in [-0.2, -0.15) is 23.0 Å². The van der Waals surface area contributed by atoms with E-state index in [4.69, 9.17) is 23.2 Å². The van der Waals surface area contributed by atoms with Gasteiger partial charge < -0.3 is 5.21 Å². The van der Waals surface area contributed by atoms with Gasteiger partial charge in [0, 0.05) is 37.5 Å². The number of rotatable bonds is 7. The van der Waals surface area contributed by atoms with Crippen LogP contribution >= 0.6 is 23.2 Å². The van der Waals surface area contributed by atoms with Gasteiger partial charge in [-0.3, -0.25) is 9.67 Å². The van der Waals surface area contributed by atoms with E-state index in [1.54, 1.807) is 19.4 Å². The van der Waals surface area contributed by atoms with Gasteiger partial charge in [-0.05, 0) is 29.8 Å². The van der Waals surface area contributed by atoms with Crippen LogP contribution in [0.1, 0.15) is 23.0 Å². The minimum atomic E-state index is -4.61. The summed E-state index contributed by atoms with van der Waals surface area (Å²) >= 11 is 12.0. The van der Waals surface area contributed by atoms with Gasteiger partial charge in [0.1, 0.15) is 11.7 Å². The second-order valence-electron chi connectivity index (χ2n) is 9.63. The van der Waals surface area contributed by atoms with Crippen molar-refractivity contribution in [2.24, 2.45) is 7.05 Å². The Balaban J connectivity index is 1.43. The average molecular weight is 645 g/mol. The molecule has 5 heterocycles. The average Bonchev–Trinajstić information content (AvgIpc) is 3.74. The summed E-state index contributed by atoms with van der Waals surface area (Å²) in [5.74, 6) is -0.794.